The summed E-state index contributed by atoms with van der Waals surface area (Å²) < 4.78 is 27.3. The molecule has 1 aromatic heterocycles. The van der Waals surface area contributed by atoms with Gasteiger partial charge in [0.1, 0.15) is 5.56 Å². The fourth-order valence-corrected chi connectivity index (χ4v) is 5.06. The molecular weight excluding hydrogens is 428 g/mol. The van der Waals surface area contributed by atoms with Crippen molar-refractivity contribution in [3.63, 3.8) is 0 Å². The Kier molecular flexibility index (Phi) is 5.31. The molecule has 4 rings (SSSR count). The highest BCUT2D eigenvalue weighted by Gasteiger charge is 2.34. The van der Waals surface area contributed by atoms with Crippen LogP contribution in [0.4, 0.5) is 17.2 Å². The fourth-order valence-electron chi connectivity index (χ4n) is 3.59. The summed E-state index contributed by atoms with van der Waals surface area (Å²) in [5, 5.41) is 31.0. The average Bonchev–Trinajstić information content (AvgIpc) is 3.59. The predicted octanol–water partition coefficient (Wildman–Crippen LogP) is 1.99. The molecule has 0 bridgehead atoms. The van der Waals surface area contributed by atoms with Crippen LogP contribution in [0.25, 0.3) is 0 Å². The van der Waals surface area contributed by atoms with Crippen molar-refractivity contribution in [1.29, 1.82) is 0 Å². The van der Waals surface area contributed by atoms with Gasteiger partial charge in [0.05, 0.1) is 20.4 Å². The third kappa shape index (κ3) is 4.05. The Balaban J connectivity index is 1.53. The lowest BCUT2D eigenvalue weighted by molar-refractivity contribution is -0.395. The first-order valence-electron chi connectivity index (χ1n) is 9.70. The molecule has 1 saturated carbocycles. The molecule has 2 aromatic rings. The van der Waals surface area contributed by atoms with Gasteiger partial charge in [-0.3, -0.25) is 20.2 Å². The normalized spacial score (nSPS) is 17.5. The van der Waals surface area contributed by atoms with Crippen molar-refractivity contribution in [3.8, 4) is 0 Å². The second-order valence-corrected chi connectivity index (χ2v) is 9.52. The van der Waals surface area contributed by atoms with Gasteiger partial charge in [0.15, 0.2) is 5.82 Å². The summed E-state index contributed by atoms with van der Waals surface area (Å²) in [7, 11) is -4.14. The molecular formula is C18H20N6O6S. The average molecular weight is 448 g/mol. The summed E-state index contributed by atoms with van der Waals surface area (Å²) in [6.45, 7) is 2.16. The zero-order valence-electron chi connectivity index (χ0n) is 16.7. The summed E-state index contributed by atoms with van der Waals surface area (Å²) in [5.41, 5.74) is -0.422. The quantitative estimate of drug-likeness (QED) is 0.477. The van der Waals surface area contributed by atoms with Gasteiger partial charge < -0.3 is 4.90 Å². The van der Waals surface area contributed by atoms with Crippen LogP contribution in [-0.2, 0) is 10.0 Å². The van der Waals surface area contributed by atoms with Crippen LogP contribution in [0.5, 0.6) is 0 Å². The molecule has 13 heteroatoms. The number of anilines is 1. The van der Waals surface area contributed by atoms with Crippen LogP contribution in [-0.4, -0.2) is 58.9 Å². The first-order valence-corrected chi connectivity index (χ1v) is 11.1. The largest absolute Gasteiger partial charge is 0.352 e. The number of hydrogen-bond acceptors (Lipinski definition) is 9. The Morgan fingerprint density at radius 2 is 1.55 bits per heavy atom. The Morgan fingerprint density at radius 3 is 2.00 bits per heavy atom. The molecule has 31 heavy (non-hydrogen) atoms. The maximum Gasteiger partial charge on any atom is 0.280 e. The standard InChI is InChI=1S/C18H20N6O6S/c1-12-16(23(25)26)10-14(11-17(12)24(27)28)31(29,30)22-8-6-21(7-9-22)18-5-4-15(19-20-18)13-2-3-13/h4-5,10-11,13H,2-3,6-9H2,1H3. The van der Waals surface area contributed by atoms with Crippen molar-refractivity contribution in [2.45, 2.75) is 30.6 Å². The molecule has 0 spiro atoms. The minimum absolute atomic E-state index is 0.115. The molecule has 1 aromatic carbocycles. The summed E-state index contributed by atoms with van der Waals surface area (Å²) in [6, 6.07) is 5.57. The zero-order valence-corrected chi connectivity index (χ0v) is 17.5. The minimum Gasteiger partial charge on any atom is -0.352 e. The summed E-state index contributed by atoms with van der Waals surface area (Å²) in [4.78, 5) is 22.4. The molecule has 0 amide bonds. The lowest BCUT2D eigenvalue weighted by Crippen LogP contribution is -2.49. The Morgan fingerprint density at radius 1 is 0.968 bits per heavy atom. The van der Waals surface area contributed by atoms with E-state index in [1.807, 2.05) is 17.0 Å². The van der Waals surface area contributed by atoms with Gasteiger partial charge in [0.2, 0.25) is 10.0 Å². The molecule has 0 radical (unpaired) electrons. The van der Waals surface area contributed by atoms with Gasteiger partial charge in [-0.2, -0.15) is 9.40 Å². The number of nitro groups is 2. The van der Waals surface area contributed by atoms with E-state index in [0.717, 1.165) is 30.7 Å². The molecule has 164 valence electrons. The molecule has 1 aliphatic heterocycles. The van der Waals surface area contributed by atoms with Crippen LogP contribution in [0.2, 0.25) is 0 Å². The lowest BCUT2D eigenvalue weighted by Gasteiger charge is -2.34. The Labute approximate surface area is 177 Å². The van der Waals surface area contributed by atoms with E-state index in [4.69, 9.17) is 0 Å². The van der Waals surface area contributed by atoms with Crippen LogP contribution in [0.3, 0.4) is 0 Å². The number of nitrogens with zero attached hydrogens (tertiary/aromatic N) is 6. The molecule has 2 aliphatic rings. The van der Waals surface area contributed by atoms with Crippen LogP contribution >= 0.6 is 0 Å². The van der Waals surface area contributed by atoms with Gasteiger partial charge in [-0.1, -0.05) is 0 Å². The van der Waals surface area contributed by atoms with Crippen LogP contribution < -0.4 is 4.90 Å². The molecule has 0 N–H and O–H groups in total. The van der Waals surface area contributed by atoms with Crippen molar-refractivity contribution < 1.29 is 18.3 Å². The van der Waals surface area contributed by atoms with Gasteiger partial charge in [0, 0.05) is 44.2 Å². The summed E-state index contributed by atoms with van der Waals surface area (Å²) in [6.07, 6.45) is 2.25. The molecule has 0 atom stereocenters. The monoisotopic (exact) mass is 448 g/mol. The number of benzene rings is 1. The Hall–Kier alpha value is -3.19. The highest BCUT2D eigenvalue weighted by Crippen LogP contribution is 2.39. The van der Waals surface area contributed by atoms with Gasteiger partial charge in [-0.25, -0.2) is 8.42 Å². The number of hydrogen-bond donors (Lipinski definition) is 0. The first-order chi connectivity index (χ1) is 14.7. The predicted molar refractivity (Wildman–Crippen MR) is 109 cm³/mol. The fraction of sp³-hybridized carbons (Fsp3) is 0.444. The van der Waals surface area contributed by atoms with Gasteiger partial charge in [-0.05, 0) is 31.9 Å². The molecule has 1 saturated heterocycles. The SMILES string of the molecule is Cc1c([N+](=O)[O-])cc(S(=O)(=O)N2CCN(c3ccc(C4CC4)nn3)CC2)cc1[N+](=O)[O-]. The lowest BCUT2D eigenvalue weighted by atomic mass is 10.1. The van der Waals surface area contributed by atoms with Crippen LogP contribution in [0, 0.1) is 27.2 Å². The van der Waals surface area contributed by atoms with Gasteiger partial charge >= 0.3 is 0 Å². The third-order valence-corrected chi connectivity index (χ3v) is 7.46. The molecule has 2 fully saturated rings. The van der Waals surface area contributed by atoms with Crippen molar-refractivity contribution >= 4 is 27.2 Å². The molecule has 1 aliphatic carbocycles. The maximum atomic E-state index is 13.1. The second kappa shape index (κ2) is 7.81. The molecule has 12 nitrogen and oxygen atoms in total. The van der Waals surface area contributed by atoms with E-state index in [2.05, 4.69) is 10.2 Å². The topological polar surface area (TPSA) is 153 Å². The van der Waals surface area contributed by atoms with Crippen molar-refractivity contribution in [2.75, 3.05) is 31.1 Å². The van der Waals surface area contributed by atoms with E-state index in [1.54, 1.807) is 0 Å². The Bertz CT molecular complexity index is 1110. The van der Waals surface area contributed by atoms with E-state index in [9.17, 15) is 28.6 Å². The minimum atomic E-state index is -4.14. The number of aromatic nitrogens is 2. The molecule has 0 unspecified atom stereocenters. The third-order valence-electron chi connectivity index (χ3n) is 5.59. The van der Waals surface area contributed by atoms with E-state index >= 15 is 0 Å². The van der Waals surface area contributed by atoms with Gasteiger partial charge in [0.25, 0.3) is 11.4 Å². The number of rotatable bonds is 6. The number of nitro benzene ring substituents is 2. The van der Waals surface area contributed by atoms with Crippen molar-refractivity contribution in [1.82, 2.24) is 14.5 Å². The number of piperazine rings is 1. The van der Waals surface area contributed by atoms with Gasteiger partial charge in [-0.15, -0.1) is 5.10 Å². The maximum absolute atomic E-state index is 13.1. The van der Waals surface area contributed by atoms with E-state index in [-0.39, 0.29) is 18.7 Å². The smallest absolute Gasteiger partial charge is 0.280 e. The van der Waals surface area contributed by atoms with E-state index < -0.39 is 36.1 Å². The second-order valence-electron chi connectivity index (χ2n) is 7.58. The van der Waals surface area contributed by atoms with E-state index in [0.29, 0.717) is 24.8 Å². The first kappa shape index (κ1) is 21.1. The zero-order chi connectivity index (χ0) is 22.3. The number of sulfonamides is 1. The molecule has 2 heterocycles. The van der Waals surface area contributed by atoms with Crippen LogP contribution in [0.1, 0.15) is 30.0 Å². The summed E-state index contributed by atoms with van der Waals surface area (Å²) in [5.74, 6) is 1.15. The van der Waals surface area contributed by atoms with Crippen molar-refractivity contribution in [3.05, 3.63) is 55.8 Å². The van der Waals surface area contributed by atoms with Crippen molar-refractivity contribution in [2.24, 2.45) is 0 Å². The highest BCUT2D eigenvalue weighted by atomic mass is 32.2. The summed E-state index contributed by atoms with van der Waals surface area (Å²) >= 11 is 0. The van der Waals surface area contributed by atoms with Crippen LogP contribution in [0.15, 0.2) is 29.2 Å². The van der Waals surface area contributed by atoms with E-state index in [1.165, 1.54) is 11.2 Å². The highest BCUT2D eigenvalue weighted by molar-refractivity contribution is 7.89.